The van der Waals surface area contributed by atoms with Gasteiger partial charge in [-0.2, -0.15) is 5.10 Å². The third kappa shape index (κ3) is 2.96. The first-order valence-electron chi connectivity index (χ1n) is 5.78. The van der Waals surface area contributed by atoms with E-state index in [2.05, 4.69) is 18.9 Å². The molecular formula is C13H16ClN3O. The van der Waals surface area contributed by atoms with Crippen molar-refractivity contribution in [3.63, 3.8) is 0 Å². The Morgan fingerprint density at radius 1 is 1.39 bits per heavy atom. The average Bonchev–Trinajstić information content (AvgIpc) is 2.76. The molecular weight excluding hydrogens is 250 g/mol. The Hall–Kier alpha value is -1.68. The number of hydrogen-bond donors (Lipinski definition) is 1. The molecule has 0 atom stereocenters. The minimum atomic E-state index is 0.346. The lowest BCUT2D eigenvalue weighted by Gasteiger charge is -2.07. The summed E-state index contributed by atoms with van der Waals surface area (Å²) in [6.07, 6.45) is 1.94. The van der Waals surface area contributed by atoms with Crippen LogP contribution in [-0.4, -0.2) is 9.78 Å². The van der Waals surface area contributed by atoms with E-state index in [-0.39, 0.29) is 0 Å². The van der Waals surface area contributed by atoms with E-state index < -0.39 is 0 Å². The van der Waals surface area contributed by atoms with Gasteiger partial charge >= 0.3 is 0 Å². The molecule has 0 radical (unpaired) electrons. The molecule has 2 N–H and O–H groups in total. The molecule has 0 fully saturated rings. The van der Waals surface area contributed by atoms with E-state index in [4.69, 9.17) is 22.1 Å². The van der Waals surface area contributed by atoms with E-state index in [1.165, 1.54) is 0 Å². The van der Waals surface area contributed by atoms with Crippen LogP contribution in [0.1, 0.15) is 25.6 Å². The zero-order chi connectivity index (χ0) is 13.1. The zero-order valence-corrected chi connectivity index (χ0v) is 11.2. The number of halogens is 1. The monoisotopic (exact) mass is 265 g/mol. The molecule has 0 spiro atoms. The molecule has 0 saturated carbocycles. The molecule has 0 unspecified atom stereocenters. The van der Waals surface area contributed by atoms with Crippen LogP contribution >= 0.6 is 11.6 Å². The largest absolute Gasteiger partial charge is 0.486 e. The first-order chi connectivity index (χ1) is 8.56. The lowest BCUT2D eigenvalue weighted by molar-refractivity contribution is 0.299. The Balaban J connectivity index is 2.02. The molecule has 0 saturated heterocycles. The number of ether oxygens (including phenoxy) is 1. The predicted octanol–water partition coefficient (Wildman–Crippen LogP) is 3.28. The number of hydrogen-bond acceptors (Lipinski definition) is 3. The Kier molecular flexibility index (Phi) is 3.77. The molecule has 2 rings (SSSR count). The molecule has 96 valence electrons. The molecule has 2 aromatic rings. The number of nitrogen functional groups attached to an aromatic ring is 1. The van der Waals surface area contributed by atoms with Gasteiger partial charge in [-0.1, -0.05) is 11.6 Å². The lowest BCUT2D eigenvalue weighted by Crippen LogP contribution is -2.03. The van der Waals surface area contributed by atoms with Crippen molar-refractivity contribution in [2.75, 3.05) is 5.73 Å². The second-order valence-electron chi connectivity index (χ2n) is 4.36. The topological polar surface area (TPSA) is 53.1 Å². The van der Waals surface area contributed by atoms with Crippen LogP contribution in [0.4, 0.5) is 5.69 Å². The van der Waals surface area contributed by atoms with Crippen LogP contribution in [0.5, 0.6) is 5.75 Å². The van der Waals surface area contributed by atoms with Crippen LogP contribution < -0.4 is 10.5 Å². The zero-order valence-electron chi connectivity index (χ0n) is 10.4. The fourth-order valence-corrected chi connectivity index (χ4v) is 1.77. The van der Waals surface area contributed by atoms with Gasteiger partial charge in [0.2, 0.25) is 0 Å². The highest BCUT2D eigenvalue weighted by atomic mass is 35.5. The van der Waals surface area contributed by atoms with Gasteiger partial charge in [0.1, 0.15) is 12.4 Å². The first kappa shape index (κ1) is 12.8. The van der Waals surface area contributed by atoms with Crippen LogP contribution in [0.2, 0.25) is 5.02 Å². The average molecular weight is 266 g/mol. The number of benzene rings is 1. The van der Waals surface area contributed by atoms with E-state index in [0.717, 1.165) is 5.69 Å². The molecule has 0 aliphatic heterocycles. The van der Waals surface area contributed by atoms with Crippen LogP contribution in [0, 0.1) is 0 Å². The summed E-state index contributed by atoms with van der Waals surface area (Å²) in [5.74, 6) is 0.616. The number of nitrogens with two attached hydrogens (primary N) is 1. The molecule has 0 bridgehead atoms. The molecule has 1 heterocycles. The quantitative estimate of drug-likeness (QED) is 0.863. The van der Waals surface area contributed by atoms with Crippen molar-refractivity contribution >= 4 is 17.3 Å². The van der Waals surface area contributed by atoms with Crippen LogP contribution in [0.25, 0.3) is 0 Å². The van der Waals surface area contributed by atoms with Crippen molar-refractivity contribution in [1.82, 2.24) is 9.78 Å². The first-order valence-corrected chi connectivity index (χ1v) is 6.16. The van der Waals surface area contributed by atoms with Crippen molar-refractivity contribution in [3.8, 4) is 5.75 Å². The van der Waals surface area contributed by atoms with Gasteiger partial charge in [0.25, 0.3) is 0 Å². The molecule has 18 heavy (non-hydrogen) atoms. The van der Waals surface area contributed by atoms with Gasteiger partial charge in [0.15, 0.2) is 0 Å². The number of nitrogens with zero attached hydrogens (tertiary/aromatic N) is 2. The second kappa shape index (κ2) is 5.31. The molecule has 0 amide bonds. The van der Waals surface area contributed by atoms with E-state index in [1.807, 2.05) is 16.9 Å². The maximum atomic E-state index is 6.02. The second-order valence-corrected chi connectivity index (χ2v) is 4.77. The molecule has 0 aliphatic carbocycles. The number of anilines is 1. The van der Waals surface area contributed by atoms with Crippen molar-refractivity contribution in [3.05, 3.63) is 41.2 Å². The van der Waals surface area contributed by atoms with E-state index >= 15 is 0 Å². The molecule has 4 nitrogen and oxygen atoms in total. The van der Waals surface area contributed by atoms with Gasteiger partial charge < -0.3 is 10.5 Å². The van der Waals surface area contributed by atoms with Crippen molar-refractivity contribution in [2.24, 2.45) is 0 Å². The van der Waals surface area contributed by atoms with E-state index in [9.17, 15) is 0 Å². The maximum absolute atomic E-state index is 6.02. The van der Waals surface area contributed by atoms with Crippen molar-refractivity contribution in [1.29, 1.82) is 0 Å². The third-order valence-electron chi connectivity index (χ3n) is 2.52. The summed E-state index contributed by atoms with van der Waals surface area (Å²) in [4.78, 5) is 0. The highest BCUT2D eigenvalue weighted by Crippen LogP contribution is 2.26. The Morgan fingerprint density at radius 3 is 2.78 bits per heavy atom. The molecule has 5 heteroatoms. The SMILES string of the molecule is CC(C)n1ccc(COc2ccc(N)cc2Cl)n1. The van der Waals surface area contributed by atoms with Crippen LogP contribution in [0.15, 0.2) is 30.5 Å². The van der Waals surface area contributed by atoms with Crippen LogP contribution in [-0.2, 0) is 6.61 Å². The standard InChI is InChI=1S/C13H16ClN3O/c1-9(2)17-6-5-11(16-17)8-18-13-4-3-10(15)7-12(13)14/h3-7,9H,8,15H2,1-2H3. The molecule has 0 aliphatic rings. The van der Waals surface area contributed by atoms with Gasteiger partial charge in [0.05, 0.1) is 10.7 Å². The minimum absolute atomic E-state index is 0.346. The number of rotatable bonds is 4. The Bertz CT molecular complexity index is 537. The highest BCUT2D eigenvalue weighted by molar-refractivity contribution is 6.32. The third-order valence-corrected chi connectivity index (χ3v) is 2.82. The lowest BCUT2D eigenvalue weighted by atomic mass is 10.3. The molecule has 1 aromatic carbocycles. The maximum Gasteiger partial charge on any atom is 0.138 e. The van der Waals surface area contributed by atoms with Crippen molar-refractivity contribution < 1.29 is 4.74 Å². The normalized spacial score (nSPS) is 10.9. The van der Waals surface area contributed by atoms with E-state index in [0.29, 0.717) is 29.1 Å². The summed E-state index contributed by atoms with van der Waals surface area (Å²) in [5, 5.41) is 4.91. The van der Waals surface area contributed by atoms with Crippen LogP contribution in [0.3, 0.4) is 0 Å². The summed E-state index contributed by atoms with van der Waals surface area (Å²) in [6.45, 7) is 4.55. The van der Waals surface area contributed by atoms with Crippen molar-refractivity contribution in [2.45, 2.75) is 26.5 Å². The summed E-state index contributed by atoms with van der Waals surface area (Å²) in [5.41, 5.74) is 7.11. The fraction of sp³-hybridized carbons (Fsp3) is 0.308. The van der Waals surface area contributed by atoms with Gasteiger partial charge in [-0.3, -0.25) is 4.68 Å². The predicted molar refractivity (Wildman–Crippen MR) is 72.8 cm³/mol. The molecule has 1 aromatic heterocycles. The Morgan fingerprint density at radius 2 is 2.17 bits per heavy atom. The summed E-state index contributed by atoms with van der Waals surface area (Å²) in [7, 11) is 0. The number of aromatic nitrogens is 2. The summed E-state index contributed by atoms with van der Waals surface area (Å²) < 4.78 is 7.50. The van der Waals surface area contributed by atoms with Gasteiger partial charge in [-0.05, 0) is 38.1 Å². The summed E-state index contributed by atoms with van der Waals surface area (Å²) in [6, 6.07) is 7.47. The fourth-order valence-electron chi connectivity index (χ4n) is 1.53. The van der Waals surface area contributed by atoms with Gasteiger partial charge in [-0.15, -0.1) is 0 Å². The smallest absolute Gasteiger partial charge is 0.138 e. The Labute approximate surface area is 111 Å². The summed E-state index contributed by atoms with van der Waals surface area (Å²) >= 11 is 6.02. The van der Waals surface area contributed by atoms with Gasteiger partial charge in [-0.25, -0.2) is 0 Å². The van der Waals surface area contributed by atoms with E-state index in [1.54, 1.807) is 18.2 Å². The minimum Gasteiger partial charge on any atom is -0.486 e. The highest BCUT2D eigenvalue weighted by Gasteiger charge is 2.05. The van der Waals surface area contributed by atoms with Gasteiger partial charge in [0, 0.05) is 17.9 Å².